The Labute approximate surface area is 69.8 Å². The number of rotatable bonds is 2. The highest BCUT2D eigenvalue weighted by Gasteiger charge is 2.19. The first-order valence-corrected chi connectivity index (χ1v) is 3.57. The van der Waals surface area contributed by atoms with E-state index in [4.69, 9.17) is 5.73 Å². The Morgan fingerprint density at radius 2 is 2.33 bits per heavy atom. The number of carbonyl (C=O) groups excluding carboxylic acids is 1. The van der Waals surface area contributed by atoms with Crippen LogP contribution in [0.5, 0.6) is 0 Å². The number of nitrogens with two attached hydrogens (primary N) is 1. The lowest BCUT2D eigenvalue weighted by atomic mass is 10.4. The van der Waals surface area contributed by atoms with Crippen LogP contribution in [0.1, 0.15) is 9.67 Å². The van der Waals surface area contributed by atoms with Gasteiger partial charge >= 0.3 is 5.00 Å². The summed E-state index contributed by atoms with van der Waals surface area (Å²) in [6.45, 7) is 0. The second-order valence-electron chi connectivity index (χ2n) is 1.88. The monoisotopic (exact) mass is 190 g/mol. The molecule has 1 heterocycles. The first-order valence-electron chi connectivity index (χ1n) is 2.76. The van der Waals surface area contributed by atoms with E-state index in [1.807, 2.05) is 0 Å². The molecule has 0 fully saturated rings. The maximum Gasteiger partial charge on any atom is 0.327 e. The quantitative estimate of drug-likeness (QED) is 0.555. The average molecular weight is 190 g/mol. The fourth-order valence-electron chi connectivity index (χ4n) is 0.615. The fourth-order valence-corrected chi connectivity index (χ4v) is 1.32. The van der Waals surface area contributed by atoms with Gasteiger partial charge in [-0.15, -0.1) is 0 Å². The molecular formula is C5H3FN2O3S. The van der Waals surface area contributed by atoms with Gasteiger partial charge in [0, 0.05) is 0 Å². The Morgan fingerprint density at radius 3 is 2.58 bits per heavy atom. The van der Waals surface area contributed by atoms with Crippen LogP contribution in [0.25, 0.3) is 0 Å². The third-order valence-electron chi connectivity index (χ3n) is 1.08. The van der Waals surface area contributed by atoms with Gasteiger partial charge in [-0.2, -0.15) is 0 Å². The lowest BCUT2D eigenvalue weighted by Gasteiger charge is -1.83. The molecule has 1 aromatic rings. The molecule has 1 rings (SSSR count). The maximum absolute atomic E-state index is 12.6. The van der Waals surface area contributed by atoms with Crippen LogP contribution < -0.4 is 5.73 Å². The van der Waals surface area contributed by atoms with E-state index in [1.54, 1.807) is 0 Å². The first-order chi connectivity index (χ1) is 5.52. The molecule has 0 atom stereocenters. The molecule has 0 unspecified atom stereocenters. The third kappa shape index (κ3) is 1.40. The molecule has 12 heavy (non-hydrogen) atoms. The predicted molar refractivity (Wildman–Crippen MR) is 39.4 cm³/mol. The van der Waals surface area contributed by atoms with E-state index >= 15 is 0 Å². The van der Waals surface area contributed by atoms with E-state index in [0.29, 0.717) is 17.4 Å². The zero-order chi connectivity index (χ0) is 9.30. The van der Waals surface area contributed by atoms with Gasteiger partial charge in [-0.25, -0.2) is 4.39 Å². The fraction of sp³-hybridized carbons (Fsp3) is 0. The van der Waals surface area contributed by atoms with Crippen LogP contribution in [0.2, 0.25) is 0 Å². The van der Waals surface area contributed by atoms with Crippen molar-refractivity contribution in [1.82, 2.24) is 0 Å². The minimum absolute atomic E-state index is 0.415. The topological polar surface area (TPSA) is 86.2 Å². The van der Waals surface area contributed by atoms with Crippen LogP contribution in [0.15, 0.2) is 6.07 Å². The Bertz CT molecular complexity index is 348. The molecule has 0 aliphatic rings. The maximum atomic E-state index is 12.6. The molecule has 0 saturated carbocycles. The summed E-state index contributed by atoms with van der Waals surface area (Å²) in [5, 5.41) is 9.66. The summed E-state index contributed by atoms with van der Waals surface area (Å²) in [5.41, 5.74) is 4.74. The van der Waals surface area contributed by atoms with Gasteiger partial charge in [0.05, 0.1) is 11.0 Å². The lowest BCUT2D eigenvalue weighted by molar-refractivity contribution is -0.380. The summed E-state index contributed by atoms with van der Waals surface area (Å²) in [4.78, 5) is 19.3. The number of primary amides is 1. The van der Waals surface area contributed by atoms with Crippen LogP contribution in [0, 0.1) is 15.9 Å². The second kappa shape index (κ2) is 2.86. The number of hydrogen-bond acceptors (Lipinski definition) is 4. The molecule has 1 amide bonds. The average Bonchev–Trinajstić information content (AvgIpc) is 2.30. The summed E-state index contributed by atoms with van der Waals surface area (Å²) < 4.78 is 12.6. The largest absolute Gasteiger partial charge is 0.365 e. The highest BCUT2D eigenvalue weighted by Crippen LogP contribution is 2.26. The van der Waals surface area contributed by atoms with Crippen molar-refractivity contribution in [1.29, 1.82) is 0 Å². The number of halogens is 1. The molecule has 0 saturated heterocycles. The van der Waals surface area contributed by atoms with Crippen LogP contribution >= 0.6 is 11.3 Å². The van der Waals surface area contributed by atoms with Crippen molar-refractivity contribution in [3.63, 3.8) is 0 Å². The van der Waals surface area contributed by atoms with Crippen molar-refractivity contribution in [2.75, 3.05) is 0 Å². The van der Waals surface area contributed by atoms with Crippen molar-refractivity contribution in [3.8, 4) is 0 Å². The molecule has 7 heteroatoms. The van der Waals surface area contributed by atoms with Crippen molar-refractivity contribution in [2.24, 2.45) is 5.73 Å². The van der Waals surface area contributed by atoms with Crippen molar-refractivity contribution < 1.29 is 14.1 Å². The smallest absolute Gasteiger partial charge is 0.327 e. The van der Waals surface area contributed by atoms with Gasteiger partial charge < -0.3 is 5.73 Å². The lowest BCUT2D eigenvalue weighted by Crippen LogP contribution is -2.10. The number of thiophene rings is 1. The molecule has 2 N–H and O–H groups in total. The van der Waals surface area contributed by atoms with Gasteiger partial charge in [0.15, 0.2) is 5.82 Å². The number of hydrogen-bond donors (Lipinski definition) is 1. The summed E-state index contributed by atoms with van der Waals surface area (Å²) in [5.74, 6) is -1.94. The number of nitrogens with zero attached hydrogens (tertiary/aromatic N) is 1. The molecule has 1 aromatic heterocycles. The summed E-state index contributed by atoms with van der Waals surface area (Å²) in [6.07, 6.45) is 0. The van der Waals surface area contributed by atoms with Gasteiger partial charge in [-0.1, -0.05) is 11.3 Å². The number of amides is 1. The van der Waals surface area contributed by atoms with Gasteiger partial charge in [-0.05, 0) is 0 Å². The summed E-state index contributed by atoms with van der Waals surface area (Å²) in [7, 11) is 0. The Kier molecular flexibility index (Phi) is 2.05. The van der Waals surface area contributed by atoms with Crippen LogP contribution in [-0.4, -0.2) is 10.8 Å². The normalized spacial score (nSPS) is 9.75. The van der Waals surface area contributed by atoms with E-state index in [0.717, 1.165) is 0 Å². The molecule has 0 aromatic carbocycles. The van der Waals surface area contributed by atoms with Crippen molar-refractivity contribution in [2.45, 2.75) is 0 Å². The van der Waals surface area contributed by atoms with Gasteiger partial charge in [-0.3, -0.25) is 14.9 Å². The van der Waals surface area contributed by atoms with E-state index in [2.05, 4.69) is 0 Å². The van der Waals surface area contributed by atoms with Crippen LogP contribution in [0.4, 0.5) is 9.39 Å². The minimum atomic E-state index is -0.995. The number of nitro groups is 1. The van der Waals surface area contributed by atoms with E-state index < -0.39 is 26.5 Å². The molecule has 64 valence electrons. The van der Waals surface area contributed by atoms with E-state index in [9.17, 15) is 19.3 Å². The standard InChI is InChI=1S/C5H3FN2O3S/c6-2-1-3(8(10)11)12-4(2)5(7)9/h1H,(H2,7,9). The van der Waals surface area contributed by atoms with Crippen LogP contribution in [-0.2, 0) is 0 Å². The Morgan fingerprint density at radius 1 is 1.75 bits per heavy atom. The summed E-state index contributed by atoms with van der Waals surface area (Å²) >= 11 is 0.427. The second-order valence-corrected chi connectivity index (χ2v) is 2.91. The van der Waals surface area contributed by atoms with Crippen LogP contribution in [0.3, 0.4) is 0 Å². The van der Waals surface area contributed by atoms with Gasteiger partial charge in [0.25, 0.3) is 5.91 Å². The van der Waals surface area contributed by atoms with E-state index in [-0.39, 0.29) is 0 Å². The number of carbonyl (C=O) groups is 1. The van der Waals surface area contributed by atoms with Crippen molar-refractivity contribution >= 4 is 22.2 Å². The Hall–Kier alpha value is -1.50. The summed E-state index contributed by atoms with van der Waals surface area (Å²) in [6, 6.07) is 0.671. The molecule has 0 aliphatic heterocycles. The molecule has 0 spiro atoms. The molecular weight excluding hydrogens is 187 g/mol. The van der Waals surface area contributed by atoms with Gasteiger partial charge in [0.1, 0.15) is 4.88 Å². The highest BCUT2D eigenvalue weighted by atomic mass is 32.1. The van der Waals surface area contributed by atoms with Crippen molar-refractivity contribution in [3.05, 3.63) is 26.9 Å². The molecule has 5 nitrogen and oxygen atoms in total. The first kappa shape index (κ1) is 8.60. The third-order valence-corrected chi connectivity index (χ3v) is 2.15. The predicted octanol–water partition coefficient (Wildman–Crippen LogP) is 0.894. The zero-order valence-electron chi connectivity index (χ0n) is 5.61. The molecule has 0 bridgehead atoms. The highest BCUT2D eigenvalue weighted by molar-refractivity contribution is 7.17. The van der Waals surface area contributed by atoms with Gasteiger partial charge in [0.2, 0.25) is 0 Å². The van der Waals surface area contributed by atoms with E-state index in [1.165, 1.54) is 0 Å². The zero-order valence-corrected chi connectivity index (χ0v) is 6.43. The SMILES string of the molecule is NC(=O)c1sc([N+](=O)[O-])cc1F. The minimum Gasteiger partial charge on any atom is -0.365 e. The Balaban J connectivity index is 3.17. The molecule has 0 radical (unpaired) electrons. The molecule has 0 aliphatic carbocycles.